The van der Waals surface area contributed by atoms with E-state index in [9.17, 15) is 4.79 Å². The Morgan fingerprint density at radius 2 is 1.69 bits per heavy atom. The van der Waals surface area contributed by atoms with Crippen molar-refractivity contribution < 1.29 is 23.7 Å². The van der Waals surface area contributed by atoms with Gasteiger partial charge in [0.15, 0.2) is 6.04 Å². The Kier molecular flexibility index (Phi) is 12.8. The topological polar surface area (TPSA) is 78.4 Å². The van der Waals surface area contributed by atoms with Crippen molar-refractivity contribution in [1.82, 2.24) is 0 Å². The van der Waals surface area contributed by atoms with Gasteiger partial charge in [-0.1, -0.05) is 61.2 Å². The number of hydrogen-bond acceptors (Lipinski definition) is 6. The van der Waals surface area contributed by atoms with Crippen LogP contribution in [0.5, 0.6) is 5.75 Å². The molecule has 42 heavy (non-hydrogen) atoms. The first-order valence-corrected chi connectivity index (χ1v) is 15.8. The number of rotatable bonds is 14. The lowest BCUT2D eigenvalue weighted by molar-refractivity contribution is -0.117. The van der Waals surface area contributed by atoms with Crippen LogP contribution in [-0.2, 0) is 32.0 Å². The molecule has 1 N–H and O–H groups in total. The normalized spacial score (nSPS) is 14.5. The highest BCUT2D eigenvalue weighted by molar-refractivity contribution is 14.1. The third kappa shape index (κ3) is 9.07. The number of methoxy groups -OCH3 is 1. The molecule has 4 rings (SSSR count). The van der Waals surface area contributed by atoms with Gasteiger partial charge in [-0.05, 0) is 83.0 Å². The Hall–Kier alpha value is -2.37. The number of benzene rings is 3. The van der Waals surface area contributed by atoms with Crippen LogP contribution in [0.15, 0.2) is 59.6 Å². The molecule has 1 aliphatic rings. The van der Waals surface area contributed by atoms with E-state index in [1.807, 2.05) is 24.3 Å². The number of nitrogens with zero attached hydrogens (tertiary/aromatic N) is 1. The molecular formula is C32H35Cl2IN2O5. The zero-order valence-corrected chi connectivity index (χ0v) is 27.4. The second-order valence-electron chi connectivity index (χ2n) is 9.82. The lowest BCUT2D eigenvalue weighted by Crippen LogP contribution is -2.20. The first-order valence-electron chi connectivity index (χ1n) is 14.0. The number of aliphatic imine (C=N–C) groups is 1. The smallest absolute Gasteiger partial charge is 0.253 e. The number of benzodiazepines with no additional fused rings is 1. The van der Waals surface area contributed by atoms with Crippen LogP contribution < -0.4 is 10.1 Å². The molecule has 1 heterocycles. The van der Waals surface area contributed by atoms with Crippen LogP contribution in [0.25, 0.3) is 0 Å². The number of carbonyl (C=O) groups is 1. The Bertz CT molecular complexity index is 1380. The first kappa shape index (κ1) is 32.5. The van der Waals surface area contributed by atoms with Gasteiger partial charge in [-0.25, -0.2) is 4.99 Å². The molecule has 3 aromatic rings. The van der Waals surface area contributed by atoms with Crippen LogP contribution in [-0.4, -0.2) is 45.3 Å². The van der Waals surface area contributed by atoms with Crippen molar-refractivity contribution in [2.45, 2.75) is 45.3 Å². The molecule has 0 aliphatic carbocycles. The minimum absolute atomic E-state index is 0.182. The maximum absolute atomic E-state index is 13.6. The number of halogens is 3. The highest BCUT2D eigenvalue weighted by Crippen LogP contribution is 2.34. The van der Waals surface area contributed by atoms with E-state index < -0.39 is 6.04 Å². The van der Waals surface area contributed by atoms with Gasteiger partial charge < -0.3 is 24.3 Å². The second kappa shape index (κ2) is 16.5. The zero-order valence-electron chi connectivity index (χ0n) is 23.8. The highest BCUT2D eigenvalue weighted by atomic mass is 127. The highest BCUT2D eigenvalue weighted by Gasteiger charge is 2.29. The first-order chi connectivity index (χ1) is 20.4. The molecule has 0 saturated heterocycles. The van der Waals surface area contributed by atoms with Crippen LogP contribution in [0.3, 0.4) is 0 Å². The van der Waals surface area contributed by atoms with E-state index in [-0.39, 0.29) is 12.5 Å². The average Bonchev–Trinajstić information content (AvgIpc) is 3.11. The number of fused-ring (bicyclic) bond motifs is 1. The van der Waals surface area contributed by atoms with Crippen LogP contribution in [0.4, 0.5) is 5.69 Å². The summed E-state index contributed by atoms with van der Waals surface area (Å²) >= 11 is 14.7. The van der Waals surface area contributed by atoms with Crippen molar-refractivity contribution >= 4 is 63.3 Å². The molecule has 0 spiro atoms. The fraction of sp³-hybridized carbons (Fsp3) is 0.375. The molecule has 0 aromatic heterocycles. The van der Waals surface area contributed by atoms with Gasteiger partial charge in [0.1, 0.15) is 12.4 Å². The summed E-state index contributed by atoms with van der Waals surface area (Å²) in [5.74, 6) is 0.773. The van der Waals surface area contributed by atoms with Crippen molar-refractivity contribution in [3.63, 3.8) is 0 Å². The fourth-order valence-corrected chi connectivity index (χ4v) is 5.46. The van der Waals surface area contributed by atoms with Crippen molar-refractivity contribution in [2.24, 2.45) is 4.99 Å². The van der Waals surface area contributed by atoms with Crippen LogP contribution in [0.2, 0.25) is 10.0 Å². The van der Waals surface area contributed by atoms with Crippen LogP contribution >= 0.6 is 45.8 Å². The van der Waals surface area contributed by atoms with Gasteiger partial charge in [0, 0.05) is 26.3 Å². The van der Waals surface area contributed by atoms with Crippen molar-refractivity contribution in [2.75, 3.05) is 38.9 Å². The molecule has 1 atom stereocenters. The van der Waals surface area contributed by atoms with E-state index in [4.69, 9.17) is 47.1 Å². The summed E-state index contributed by atoms with van der Waals surface area (Å²) in [7, 11) is 1.64. The summed E-state index contributed by atoms with van der Waals surface area (Å²) in [6, 6.07) is 15.8. The van der Waals surface area contributed by atoms with Crippen molar-refractivity contribution in [3.8, 4) is 5.75 Å². The van der Waals surface area contributed by atoms with Gasteiger partial charge in [0.2, 0.25) is 5.90 Å². The molecule has 1 unspecified atom stereocenters. The predicted octanol–water partition coefficient (Wildman–Crippen LogP) is 8.03. The molecule has 10 heteroatoms. The maximum atomic E-state index is 13.6. The molecular weight excluding hydrogens is 690 g/mol. The van der Waals surface area contributed by atoms with Crippen molar-refractivity contribution in [1.29, 1.82) is 0 Å². The standard InChI is InChI=1S/C32H35Cl2IN2O5/c1-3-4-5-13-41-28-18-25(34)11-8-23(28)20-42-32-27-19-26(35)17-22(12-14-40-16-15-39-2)29(27)36-31(38)30(37-32)21-6-9-24(33)10-7-21/h6-11,17-19,30H,3-5,12-16,20H2,1-2H3,(H,36,38). The lowest BCUT2D eigenvalue weighted by atomic mass is 10.0. The quantitative estimate of drug-likeness (QED) is 0.135. The number of anilines is 1. The average molecular weight is 725 g/mol. The molecule has 1 aliphatic heterocycles. The second-order valence-corrected chi connectivity index (χ2v) is 11.9. The maximum Gasteiger partial charge on any atom is 0.253 e. The Morgan fingerprint density at radius 1 is 0.905 bits per heavy atom. The summed E-state index contributed by atoms with van der Waals surface area (Å²) in [6.07, 6.45) is 3.74. The number of ether oxygens (including phenoxy) is 4. The van der Waals surface area contributed by atoms with E-state index in [2.05, 4.69) is 34.8 Å². The number of amides is 1. The lowest BCUT2D eigenvalue weighted by Gasteiger charge is -2.17. The molecule has 0 bridgehead atoms. The summed E-state index contributed by atoms with van der Waals surface area (Å²) in [5, 5.41) is 4.30. The molecule has 3 aromatic carbocycles. The number of nitrogens with one attached hydrogen (secondary N) is 1. The third-order valence-corrected chi connectivity index (χ3v) is 7.80. The molecule has 0 saturated carbocycles. The van der Waals surface area contributed by atoms with E-state index in [0.717, 1.165) is 34.0 Å². The van der Waals surface area contributed by atoms with Gasteiger partial charge in [0.25, 0.3) is 5.91 Å². The van der Waals surface area contributed by atoms with Gasteiger partial charge in [-0.3, -0.25) is 4.79 Å². The largest absolute Gasteiger partial charge is 0.493 e. The number of hydrogen-bond donors (Lipinski definition) is 1. The summed E-state index contributed by atoms with van der Waals surface area (Å²) in [5.41, 5.74) is 3.85. The van der Waals surface area contributed by atoms with Crippen LogP contribution in [0.1, 0.15) is 54.5 Å². The SMILES string of the molecule is CCCCCOc1cc(Cl)ccc1COC1=NC(c2ccc(Cl)cc2)C(=O)Nc2c(CCOCCOC)cc(I)cc21. The Labute approximate surface area is 271 Å². The van der Waals surface area contributed by atoms with Gasteiger partial charge >= 0.3 is 0 Å². The summed E-state index contributed by atoms with van der Waals surface area (Å²) in [6.45, 7) is 4.42. The molecule has 1 amide bonds. The third-order valence-electron chi connectivity index (χ3n) is 6.69. The summed E-state index contributed by atoms with van der Waals surface area (Å²) < 4.78 is 24.3. The van der Waals surface area contributed by atoms with Gasteiger partial charge in [0.05, 0.1) is 37.7 Å². The summed E-state index contributed by atoms with van der Waals surface area (Å²) in [4.78, 5) is 18.5. The predicted molar refractivity (Wildman–Crippen MR) is 176 cm³/mol. The van der Waals surface area contributed by atoms with Crippen LogP contribution in [0, 0.1) is 3.57 Å². The molecule has 0 radical (unpaired) electrons. The minimum atomic E-state index is -0.830. The van der Waals surface area contributed by atoms with Gasteiger partial charge in [-0.15, -0.1) is 0 Å². The molecule has 0 fully saturated rings. The Morgan fingerprint density at radius 3 is 2.45 bits per heavy atom. The monoisotopic (exact) mass is 724 g/mol. The van der Waals surface area contributed by atoms with Crippen molar-refractivity contribution in [3.05, 3.63) is 90.5 Å². The Balaban J connectivity index is 1.67. The van der Waals surface area contributed by atoms with Gasteiger partial charge in [-0.2, -0.15) is 0 Å². The van der Waals surface area contributed by atoms with E-state index in [0.29, 0.717) is 71.4 Å². The van der Waals surface area contributed by atoms with E-state index in [1.165, 1.54) is 0 Å². The van der Waals surface area contributed by atoms with E-state index in [1.54, 1.807) is 37.4 Å². The number of unbranched alkanes of at least 4 members (excludes halogenated alkanes) is 2. The molecule has 224 valence electrons. The fourth-order valence-electron chi connectivity index (χ4n) is 4.49. The minimum Gasteiger partial charge on any atom is -0.493 e. The molecule has 7 nitrogen and oxygen atoms in total. The van der Waals surface area contributed by atoms with E-state index >= 15 is 0 Å². The number of carbonyl (C=O) groups excluding carboxylic acids is 1. The zero-order chi connectivity index (χ0) is 29.9.